The van der Waals surface area contributed by atoms with Crippen LogP contribution in [0.25, 0.3) is 0 Å². The molecule has 13 heavy (non-hydrogen) atoms. The first kappa shape index (κ1) is 11.7. The molecule has 1 heterocycles. The van der Waals surface area contributed by atoms with Crippen LogP contribution in [-0.2, 0) is 3.07 Å². The maximum absolute atomic E-state index is 9.77. The van der Waals surface area contributed by atoms with Gasteiger partial charge >= 0.3 is 0 Å². The van der Waals surface area contributed by atoms with E-state index in [1.54, 1.807) is 0 Å². The van der Waals surface area contributed by atoms with E-state index in [-0.39, 0.29) is 6.10 Å². The Morgan fingerprint density at radius 1 is 1.62 bits per heavy atom. The van der Waals surface area contributed by atoms with E-state index in [0.29, 0.717) is 6.04 Å². The molecule has 2 atom stereocenters. The van der Waals surface area contributed by atoms with E-state index in [1.165, 1.54) is 0 Å². The first-order valence-electron chi connectivity index (χ1n) is 4.71. The van der Waals surface area contributed by atoms with Crippen LogP contribution in [0.4, 0.5) is 0 Å². The minimum absolute atomic E-state index is 0.334. The molecule has 1 aliphatic rings. The van der Waals surface area contributed by atoms with Gasteiger partial charge in [0.2, 0.25) is 0 Å². The second-order valence-electron chi connectivity index (χ2n) is 4.26. The molecule has 2 unspecified atom stereocenters. The molecule has 1 saturated heterocycles. The van der Waals surface area contributed by atoms with Gasteiger partial charge in [-0.3, -0.25) is 4.90 Å². The highest BCUT2D eigenvalue weighted by atomic mass is 127. The third-order valence-corrected chi connectivity index (χ3v) is 3.82. The quantitative estimate of drug-likeness (QED) is 0.786. The van der Waals surface area contributed by atoms with Crippen molar-refractivity contribution in [2.75, 3.05) is 13.1 Å². The zero-order chi connectivity index (χ0) is 10.1. The molecule has 1 N–H and O–H groups in total. The predicted molar refractivity (Wildman–Crippen MR) is 60.8 cm³/mol. The summed E-state index contributed by atoms with van der Waals surface area (Å²) in [5.41, 5.74) is -0.400. The normalized spacial score (nSPS) is 36.9. The SMILES string of the molecule is CC(C)N1CCC(O)C(C)(OI)C1. The molecule has 0 aromatic heterocycles. The lowest BCUT2D eigenvalue weighted by atomic mass is 9.91. The fourth-order valence-electron chi connectivity index (χ4n) is 1.70. The zero-order valence-corrected chi connectivity index (χ0v) is 10.6. The number of likely N-dealkylation sites (tertiary alicyclic amines) is 1. The van der Waals surface area contributed by atoms with Crippen molar-refractivity contribution in [2.24, 2.45) is 0 Å². The van der Waals surface area contributed by atoms with Crippen LogP contribution in [-0.4, -0.2) is 40.8 Å². The van der Waals surface area contributed by atoms with Gasteiger partial charge in [-0.05, 0) is 27.2 Å². The van der Waals surface area contributed by atoms with Crippen LogP contribution in [0.3, 0.4) is 0 Å². The summed E-state index contributed by atoms with van der Waals surface area (Å²) in [6, 6.07) is 0.526. The fourth-order valence-corrected chi connectivity index (χ4v) is 2.13. The van der Waals surface area contributed by atoms with Gasteiger partial charge in [0, 0.05) is 19.1 Å². The van der Waals surface area contributed by atoms with Crippen LogP contribution in [0.1, 0.15) is 27.2 Å². The van der Waals surface area contributed by atoms with Crippen molar-refractivity contribution < 1.29 is 8.17 Å². The van der Waals surface area contributed by atoms with Gasteiger partial charge in [-0.2, -0.15) is 0 Å². The van der Waals surface area contributed by atoms with Gasteiger partial charge in [-0.25, -0.2) is 0 Å². The Morgan fingerprint density at radius 2 is 2.23 bits per heavy atom. The summed E-state index contributed by atoms with van der Waals surface area (Å²) in [7, 11) is 0. The molecular weight excluding hydrogens is 281 g/mol. The van der Waals surface area contributed by atoms with Crippen molar-refractivity contribution in [1.29, 1.82) is 0 Å². The number of nitrogens with zero attached hydrogens (tertiary/aromatic N) is 1. The smallest absolute Gasteiger partial charge is 0.116 e. The highest BCUT2D eigenvalue weighted by Crippen LogP contribution is 2.28. The molecule has 78 valence electrons. The van der Waals surface area contributed by atoms with Gasteiger partial charge in [-0.15, -0.1) is 0 Å². The van der Waals surface area contributed by atoms with Gasteiger partial charge in [0.25, 0.3) is 0 Å². The number of halogens is 1. The molecule has 0 aromatic carbocycles. The summed E-state index contributed by atoms with van der Waals surface area (Å²) < 4.78 is 5.35. The molecular formula is C9H18INO2. The van der Waals surface area contributed by atoms with Crippen LogP contribution in [0, 0.1) is 0 Å². The molecule has 3 nitrogen and oxygen atoms in total. The number of hydrogen-bond donors (Lipinski definition) is 1. The van der Waals surface area contributed by atoms with Crippen LogP contribution >= 0.6 is 23.0 Å². The van der Waals surface area contributed by atoms with Crippen molar-refractivity contribution in [3.63, 3.8) is 0 Å². The van der Waals surface area contributed by atoms with Crippen LogP contribution < -0.4 is 0 Å². The molecule has 1 rings (SSSR count). The average molecular weight is 299 g/mol. The zero-order valence-electron chi connectivity index (χ0n) is 8.46. The molecule has 0 spiro atoms. The van der Waals surface area contributed by atoms with E-state index in [9.17, 15) is 5.11 Å². The molecule has 0 radical (unpaired) electrons. The summed E-state index contributed by atoms with van der Waals surface area (Å²) in [6.07, 6.45) is 0.469. The van der Waals surface area contributed by atoms with Gasteiger partial charge in [-0.1, -0.05) is 0 Å². The standard InChI is InChI=1S/C9H18INO2/c1-7(2)11-5-4-8(12)9(3,6-11)13-10/h7-8,12H,4-6H2,1-3H3. The second-order valence-corrected chi connectivity index (χ2v) is 4.70. The molecule has 0 amide bonds. The summed E-state index contributed by atoms with van der Waals surface area (Å²) in [4.78, 5) is 2.34. The van der Waals surface area contributed by atoms with Crippen LogP contribution in [0.5, 0.6) is 0 Å². The predicted octanol–water partition coefficient (Wildman–Crippen LogP) is 1.59. The topological polar surface area (TPSA) is 32.7 Å². The third kappa shape index (κ3) is 2.55. The van der Waals surface area contributed by atoms with E-state index < -0.39 is 5.60 Å². The number of aliphatic hydroxyl groups is 1. The van der Waals surface area contributed by atoms with Gasteiger partial charge in [0.05, 0.1) is 6.10 Å². The molecule has 1 fully saturated rings. The van der Waals surface area contributed by atoms with Crippen molar-refractivity contribution in [3.8, 4) is 0 Å². The monoisotopic (exact) mass is 299 g/mol. The van der Waals surface area contributed by atoms with Crippen molar-refractivity contribution >= 4 is 23.0 Å². The van der Waals surface area contributed by atoms with Crippen molar-refractivity contribution in [2.45, 2.75) is 44.9 Å². The van der Waals surface area contributed by atoms with E-state index in [4.69, 9.17) is 3.07 Å². The lowest BCUT2D eigenvalue weighted by Crippen LogP contribution is -2.56. The van der Waals surface area contributed by atoms with Gasteiger partial charge < -0.3 is 8.17 Å². The Kier molecular flexibility index (Phi) is 3.97. The number of piperidine rings is 1. The Balaban J connectivity index is 2.63. The van der Waals surface area contributed by atoms with E-state index in [0.717, 1.165) is 19.5 Å². The highest BCUT2D eigenvalue weighted by Gasteiger charge is 2.40. The number of hydrogen-bond acceptors (Lipinski definition) is 3. The van der Waals surface area contributed by atoms with E-state index >= 15 is 0 Å². The molecule has 4 heteroatoms. The summed E-state index contributed by atoms with van der Waals surface area (Å²) >= 11 is 1.89. The lowest BCUT2D eigenvalue weighted by Gasteiger charge is -2.43. The van der Waals surface area contributed by atoms with Crippen molar-refractivity contribution in [1.82, 2.24) is 4.90 Å². The van der Waals surface area contributed by atoms with Crippen LogP contribution in [0.2, 0.25) is 0 Å². The van der Waals surface area contributed by atoms with E-state index in [1.807, 2.05) is 29.9 Å². The minimum Gasteiger partial charge on any atom is -0.390 e. The molecule has 0 bridgehead atoms. The van der Waals surface area contributed by atoms with Gasteiger partial charge in [0.1, 0.15) is 28.6 Å². The Morgan fingerprint density at radius 3 is 2.69 bits per heavy atom. The molecule has 0 aromatic rings. The Hall–Kier alpha value is 0.610. The maximum Gasteiger partial charge on any atom is 0.116 e. The number of aliphatic hydroxyl groups excluding tert-OH is 1. The molecule has 0 saturated carbocycles. The lowest BCUT2D eigenvalue weighted by molar-refractivity contribution is -0.0778. The largest absolute Gasteiger partial charge is 0.390 e. The highest BCUT2D eigenvalue weighted by molar-refractivity contribution is 14.1. The van der Waals surface area contributed by atoms with E-state index in [2.05, 4.69) is 18.7 Å². The van der Waals surface area contributed by atoms with Crippen LogP contribution in [0.15, 0.2) is 0 Å². The summed E-state index contributed by atoms with van der Waals surface area (Å²) in [5.74, 6) is 0. The Bertz CT molecular complexity index is 177. The van der Waals surface area contributed by atoms with Gasteiger partial charge in [0.15, 0.2) is 0 Å². The minimum atomic E-state index is -0.400. The average Bonchev–Trinajstić information content (AvgIpc) is 2.09. The third-order valence-electron chi connectivity index (χ3n) is 2.82. The molecule has 0 aliphatic carbocycles. The summed E-state index contributed by atoms with van der Waals surface area (Å²) in [5, 5.41) is 9.77. The fraction of sp³-hybridized carbons (Fsp3) is 1.00. The first-order chi connectivity index (χ1) is 5.99. The van der Waals surface area contributed by atoms with Crippen molar-refractivity contribution in [3.05, 3.63) is 0 Å². The summed E-state index contributed by atoms with van der Waals surface area (Å²) in [6.45, 7) is 8.10. The first-order valence-corrected chi connectivity index (χ1v) is 5.59. The Labute approximate surface area is 94.1 Å². The maximum atomic E-state index is 9.77. The second kappa shape index (κ2) is 4.42. The molecule has 1 aliphatic heterocycles. The number of rotatable bonds is 2.